The summed E-state index contributed by atoms with van der Waals surface area (Å²) < 4.78 is 4.65. The lowest BCUT2D eigenvalue weighted by molar-refractivity contribution is 0.0600. The minimum Gasteiger partial charge on any atom is -0.465 e. The second kappa shape index (κ2) is 7.74. The summed E-state index contributed by atoms with van der Waals surface area (Å²) in [5.74, 6) is 0.180. The smallest absolute Gasteiger partial charge is 0.337 e. The number of rotatable bonds is 4. The summed E-state index contributed by atoms with van der Waals surface area (Å²) in [6, 6.07) is 8.37. The van der Waals surface area contributed by atoms with Gasteiger partial charge in [0.25, 0.3) is 5.91 Å². The monoisotopic (exact) mass is 340 g/mol. The summed E-state index contributed by atoms with van der Waals surface area (Å²) in [5.41, 5.74) is 0.955. The molecule has 0 bridgehead atoms. The molecule has 0 aliphatic carbocycles. The first-order valence-electron chi connectivity index (χ1n) is 8.18. The average molecular weight is 340 g/mol. The van der Waals surface area contributed by atoms with E-state index < -0.39 is 5.97 Å². The number of anilines is 1. The van der Waals surface area contributed by atoms with Crippen LogP contribution < -0.4 is 10.2 Å². The summed E-state index contributed by atoms with van der Waals surface area (Å²) in [6.07, 6.45) is 5.14. The van der Waals surface area contributed by atoms with E-state index in [0.29, 0.717) is 11.1 Å². The van der Waals surface area contributed by atoms with Crippen molar-refractivity contribution in [2.75, 3.05) is 25.1 Å². The molecular formula is C18H20N4O3. The summed E-state index contributed by atoms with van der Waals surface area (Å²) in [5, 5.41) is 3.05. The predicted molar refractivity (Wildman–Crippen MR) is 92.5 cm³/mol. The van der Waals surface area contributed by atoms with Crippen LogP contribution in [0.1, 0.15) is 33.6 Å². The molecule has 0 spiro atoms. The largest absolute Gasteiger partial charge is 0.465 e. The van der Waals surface area contributed by atoms with Crippen LogP contribution in [0.3, 0.4) is 0 Å². The maximum Gasteiger partial charge on any atom is 0.337 e. The number of carbonyl (C=O) groups excluding carboxylic acids is 2. The molecule has 0 radical (unpaired) electrons. The predicted octanol–water partition coefficient (Wildman–Crippen LogP) is 1.66. The zero-order chi connectivity index (χ0) is 17.6. The van der Waals surface area contributed by atoms with E-state index in [1.807, 2.05) is 0 Å². The molecule has 0 unspecified atom stereocenters. The highest BCUT2D eigenvalue weighted by atomic mass is 16.5. The second-order valence-electron chi connectivity index (χ2n) is 5.85. The zero-order valence-corrected chi connectivity index (χ0v) is 14.0. The van der Waals surface area contributed by atoms with Gasteiger partial charge in [0.1, 0.15) is 0 Å². The molecule has 1 amide bonds. The Kier molecular flexibility index (Phi) is 5.23. The number of hydrogen-bond acceptors (Lipinski definition) is 6. The van der Waals surface area contributed by atoms with Crippen molar-refractivity contribution in [3.05, 3.63) is 53.9 Å². The van der Waals surface area contributed by atoms with Crippen LogP contribution in [0.2, 0.25) is 0 Å². The van der Waals surface area contributed by atoms with Gasteiger partial charge in [0.15, 0.2) is 0 Å². The van der Waals surface area contributed by atoms with E-state index in [-0.39, 0.29) is 11.9 Å². The number of nitrogens with zero attached hydrogens (tertiary/aromatic N) is 3. The van der Waals surface area contributed by atoms with Crippen LogP contribution in [0.4, 0.5) is 5.95 Å². The Hall–Kier alpha value is -2.96. The number of esters is 1. The van der Waals surface area contributed by atoms with Crippen molar-refractivity contribution in [2.24, 2.45) is 0 Å². The van der Waals surface area contributed by atoms with Gasteiger partial charge in [0, 0.05) is 37.1 Å². The van der Waals surface area contributed by atoms with E-state index in [1.54, 1.807) is 42.7 Å². The summed E-state index contributed by atoms with van der Waals surface area (Å²) in [6.45, 7) is 1.60. The first kappa shape index (κ1) is 16.9. The van der Waals surface area contributed by atoms with Gasteiger partial charge in [-0.3, -0.25) is 4.79 Å². The Balaban J connectivity index is 1.53. The molecule has 1 saturated heterocycles. The van der Waals surface area contributed by atoms with Crippen LogP contribution in [0.5, 0.6) is 0 Å². The second-order valence-corrected chi connectivity index (χ2v) is 5.85. The van der Waals surface area contributed by atoms with Crippen molar-refractivity contribution in [2.45, 2.75) is 18.9 Å². The minimum atomic E-state index is -0.414. The summed E-state index contributed by atoms with van der Waals surface area (Å²) in [7, 11) is 1.33. The lowest BCUT2D eigenvalue weighted by Crippen LogP contribution is -2.45. The number of amides is 1. The Labute approximate surface area is 146 Å². The Morgan fingerprint density at radius 1 is 1.08 bits per heavy atom. The third kappa shape index (κ3) is 4.12. The van der Waals surface area contributed by atoms with Crippen molar-refractivity contribution < 1.29 is 14.3 Å². The third-order valence-electron chi connectivity index (χ3n) is 4.23. The van der Waals surface area contributed by atoms with Crippen LogP contribution in [0.15, 0.2) is 42.7 Å². The molecule has 1 aliphatic rings. The maximum atomic E-state index is 12.3. The van der Waals surface area contributed by atoms with E-state index in [1.165, 1.54) is 7.11 Å². The molecule has 0 atom stereocenters. The Morgan fingerprint density at radius 3 is 2.28 bits per heavy atom. The number of methoxy groups -OCH3 is 1. The summed E-state index contributed by atoms with van der Waals surface area (Å²) in [4.78, 5) is 34.4. The lowest BCUT2D eigenvalue weighted by atomic mass is 10.0. The number of carbonyl (C=O) groups is 2. The summed E-state index contributed by atoms with van der Waals surface area (Å²) >= 11 is 0. The van der Waals surface area contributed by atoms with Crippen LogP contribution in [-0.2, 0) is 4.74 Å². The fourth-order valence-electron chi connectivity index (χ4n) is 2.82. The fourth-order valence-corrected chi connectivity index (χ4v) is 2.82. The first-order valence-corrected chi connectivity index (χ1v) is 8.18. The molecule has 1 aromatic heterocycles. The fraction of sp³-hybridized carbons (Fsp3) is 0.333. The first-order chi connectivity index (χ1) is 12.2. The Morgan fingerprint density at radius 2 is 1.68 bits per heavy atom. The van der Waals surface area contributed by atoms with Gasteiger partial charge < -0.3 is 15.0 Å². The molecule has 1 N–H and O–H groups in total. The number of nitrogens with one attached hydrogen (secondary N) is 1. The molecule has 2 heterocycles. The van der Waals surface area contributed by atoms with E-state index in [2.05, 4.69) is 24.9 Å². The van der Waals surface area contributed by atoms with Gasteiger partial charge in [-0.1, -0.05) is 0 Å². The number of aromatic nitrogens is 2. The van der Waals surface area contributed by atoms with Crippen molar-refractivity contribution in [1.82, 2.24) is 15.3 Å². The molecule has 0 saturated carbocycles. The number of benzene rings is 1. The van der Waals surface area contributed by atoms with Crippen LogP contribution in [-0.4, -0.2) is 48.1 Å². The average Bonchev–Trinajstić information content (AvgIpc) is 2.68. The normalized spacial score (nSPS) is 14.8. The zero-order valence-electron chi connectivity index (χ0n) is 14.0. The van der Waals surface area contributed by atoms with Gasteiger partial charge in [-0.05, 0) is 43.2 Å². The van der Waals surface area contributed by atoms with E-state index in [0.717, 1.165) is 31.9 Å². The van der Waals surface area contributed by atoms with Gasteiger partial charge >= 0.3 is 5.97 Å². The van der Waals surface area contributed by atoms with Crippen LogP contribution in [0, 0.1) is 0 Å². The van der Waals surface area contributed by atoms with E-state index in [9.17, 15) is 9.59 Å². The van der Waals surface area contributed by atoms with Crippen molar-refractivity contribution in [1.29, 1.82) is 0 Å². The van der Waals surface area contributed by atoms with Crippen molar-refractivity contribution >= 4 is 17.8 Å². The topological polar surface area (TPSA) is 84.4 Å². The molecule has 130 valence electrons. The van der Waals surface area contributed by atoms with Crippen LogP contribution >= 0.6 is 0 Å². The highest BCUT2D eigenvalue weighted by Gasteiger charge is 2.22. The molecule has 25 heavy (non-hydrogen) atoms. The highest BCUT2D eigenvalue weighted by molar-refractivity contribution is 5.96. The maximum absolute atomic E-state index is 12.3. The number of piperidine rings is 1. The lowest BCUT2D eigenvalue weighted by Gasteiger charge is -2.32. The van der Waals surface area contributed by atoms with Crippen molar-refractivity contribution in [3.63, 3.8) is 0 Å². The van der Waals surface area contributed by atoms with Gasteiger partial charge in [-0.15, -0.1) is 0 Å². The Bertz CT molecular complexity index is 726. The SMILES string of the molecule is COC(=O)c1ccc(C(=O)NC2CCN(c3ncccn3)CC2)cc1. The van der Waals surface area contributed by atoms with E-state index >= 15 is 0 Å². The van der Waals surface area contributed by atoms with Crippen molar-refractivity contribution in [3.8, 4) is 0 Å². The number of hydrogen-bond donors (Lipinski definition) is 1. The van der Waals surface area contributed by atoms with Gasteiger partial charge in [0.2, 0.25) is 5.95 Å². The van der Waals surface area contributed by atoms with Gasteiger partial charge in [0.05, 0.1) is 12.7 Å². The number of ether oxygens (including phenoxy) is 1. The molecule has 2 aromatic rings. The van der Waals surface area contributed by atoms with Crippen LogP contribution in [0.25, 0.3) is 0 Å². The standard InChI is InChI=1S/C18H20N4O3/c1-25-17(24)14-5-3-13(4-6-14)16(23)21-15-7-11-22(12-8-15)18-19-9-2-10-20-18/h2-6,9-10,15H,7-8,11-12H2,1H3,(H,21,23). The minimum absolute atomic E-state index is 0.118. The van der Waals surface area contributed by atoms with Gasteiger partial charge in [-0.25, -0.2) is 14.8 Å². The van der Waals surface area contributed by atoms with E-state index in [4.69, 9.17) is 0 Å². The van der Waals surface area contributed by atoms with Gasteiger partial charge in [-0.2, -0.15) is 0 Å². The molecule has 1 aromatic carbocycles. The molecule has 3 rings (SSSR count). The molecule has 7 nitrogen and oxygen atoms in total. The molecule has 1 fully saturated rings. The quantitative estimate of drug-likeness (QED) is 0.852. The molecule has 7 heteroatoms. The highest BCUT2D eigenvalue weighted by Crippen LogP contribution is 2.16. The third-order valence-corrected chi connectivity index (χ3v) is 4.23. The molecular weight excluding hydrogens is 320 g/mol. The molecule has 1 aliphatic heterocycles.